The lowest BCUT2D eigenvalue weighted by Gasteiger charge is -2.42. The van der Waals surface area contributed by atoms with Crippen LogP contribution in [0.25, 0.3) is 0 Å². The van der Waals surface area contributed by atoms with Gasteiger partial charge in [0.15, 0.2) is 0 Å². The number of aromatic nitrogens is 2. The van der Waals surface area contributed by atoms with Crippen LogP contribution in [0.3, 0.4) is 0 Å². The molecule has 112 valence electrons. The minimum atomic E-state index is -4.56. The van der Waals surface area contributed by atoms with Gasteiger partial charge in [-0.25, -0.2) is 0 Å². The molecular formula is C12H17F3N4O. The highest BCUT2D eigenvalue weighted by molar-refractivity contribution is 4.88. The van der Waals surface area contributed by atoms with Crippen LogP contribution in [0.4, 0.5) is 13.2 Å². The Morgan fingerprint density at radius 3 is 2.30 bits per heavy atom. The lowest BCUT2D eigenvalue weighted by Crippen LogP contribution is -2.51. The highest BCUT2D eigenvalue weighted by atomic mass is 19.4. The van der Waals surface area contributed by atoms with Crippen molar-refractivity contribution in [2.75, 3.05) is 26.2 Å². The zero-order valence-electron chi connectivity index (χ0n) is 11.1. The first kappa shape index (κ1) is 13.8. The summed E-state index contributed by atoms with van der Waals surface area (Å²) in [5, 5.41) is 6.51. The number of hydrogen-bond donors (Lipinski definition) is 0. The maximum atomic E-state index is 12.3. The molecule has 1 aromatic rings. The molecule has 3 rings (SSSR count). The minimum absolute atomic E-state index is 0.0365. The monoisotopic (exact) mass is 290 g/mol. The van der Waals surface area contributed by atoms with Crippen molar-refractivity contribution >= 4 is 0 Å². The van der Waals surface area contributed by atoms with E-state index in [4.69, 9.17) is 0 Å². The Kier molecular flexibility index (Phi) is 3.68. The fourth-order valence-corrected chi connectivity index (χ4v) is 2.66. The Bertz CT molecular complexity index is 450. The first-order valence-corrected chi connectivity index (χ1v) is 6.88. The lowest BCUT2D eigenvalue weighted by atomic mass is 9.91. The van der Waals surface area contributed by atoms with E-state index in [9.17, 15) is 13.2 Å². The molecule has 20 heavy (non-hydrogen) atoms. The molecule has 0 atom stereocenters. The number of piperazine rings is 1. The Hall–Kier alpha value is -1.15. The van der Waals surface area contributed by atoms with Gasteiger partial charge in [0, 0.05) is 32.2 Å². The molecule has 0 unspecified atom stereocenters. The van der Waals surface area contributed by atoms with Gasteiger partial charge in [0.05, 0.1) is 6.54 Å². The van der Waals surface area contributed by atoms with Gasteiger partial charge < -0.3 is 4.42 Å². The molecule has 0 radical (unpaired) electrons. The van der Waals surface area contributed by atoms with Crippen molar-refractivity contribution in [3.8, 4) is 0 Å². The van der Waals surface area contributed by atoms with E-state index < -0.39 is 12.1 Å². The Balaban J connectivity index is 1.50. The number of halogens is 3. The zero-order chi connectivity index (χ0) is 14.2. The molecule has 2 aliphatic rings. The average Bonchev–Trinajstić information content (AvgIpc) is 2.78. The summed E-state index contributed by atoms with van der Waals surface area (Å²) in [6.45, 7) is 3.89. The summed E-state index contributed by atoms with van der Waals surface area (Å²) >= 11 is 0. The second-order valence-corrected chi connectivity index (χ2v) is 5.40. The zero-order valence-corrected chi connectivity index (χ0v) is 11.1. The van der Waals surface area contributed by atoms with E-state index in [-0.39, 0.29) is 5.89 Å². The predicted octanol–water partition coefficient (Wildman–Crippen LogP) is 1.76. The lowest BCUT2D eigenvalue weighted by molar-refractivity contribution is -0.157. The molecule has 1 saturated heterocycles. The number of hydrogen-bond acceptors (Lipinski definition) is 5. The van der Waals surface area contributed by atoms with Crippen LogP contribution in [0.5, 0.6) is 0 Å². The van der Waals surface area contributed by atoms with Crippen LogP contribution < -0.4 is 0 Å². The molecule has 1 aliphatic carbocycles. The quantitative estimate of drug-likeness (QED) is 0.849. The van der Waals surface area contributed by atoms with Gasteiger partial charge in [0.1, 0.15) is 0 Å². The highest BCUT2D eigenvalue weighted by Gasteiger charge is 2.38. The highest BCUT2D eigenvalue weighted by Crippen LogP contribution is 2.28. The van der Waals surface area contributed by atoms with Gasteiger partial charge in [0.2, 0.25) is 5.89 Å². The normalized spacial score (nSPS) is 22.9. The molecule has 0 bridgehead atoms. The topological polar surface area (TPSA) is 45.4 Å². The van der Waals surface area contributed by atoms with Gasteiger partial charge >= 0.3 is 12.1 Å². The van der Waals surface area contributed by atoms with Crippen LogP contribution in [0, 0.1) is 0 Å². The van der Waals surface area contributed by atoms with E-state index in [1.54, 1.807) is 0 Å². The van der Waals surface area contributed by atoms with Crippen LogP contribution in [0.15, 0.2) is 4.42 Å². The van der Waals surface area contributed by atoms with E-state index >= 15 is 0 Å². The molecule has 0 amide bonds. The number of nitrogens with zero attached hydrogens (tertiary/aromatic N) is 4. The van der Waals surface area contributed by atoms with Crippen molar-refractivity contribution in [1.82, 2.24) is 20.0 Å². The maximum Gasteiger partial charge on any atom is 0.470 e. The Labute approximate surface area is 114 Å². The second-order valence-electron chi connectivity index (χ2n) is 5.40. The van der Waals surface area contributed by atoms with Gasteiger partial charge in [-0.15, -0.1) is 10.2 Å². The van der Waals surface area contributed by atoms with Crippen LogP contribution in [-0.4, -0.2) is 52.2 Å². The molecule has 0 N–H and O–H groups in total. The van der Waals surface area contributed by atoms with E-state index in [0.29, 0.717) is 6.54 Å². The fourth-order valence-electron chi connectivity index (χ4n) is 2.66. The summed E-state index contributed by atoms with van der Waals surface area (Å²) in [6.07, 6.45) is -0.696. The summed E-state index contributed by atoms with van der Waals surface area (Å²) < 4.78 is 41.7. The van der Waals surface area contributed by atoms with Crippen molar-refractivity contribution in [2.24, 2.45) is 0 Å². The first-order chi connectivity index (χ1) is 9.52. The van der Waals surface area contributed by atoms with Crippen molar-refractivity contribution in [3.63, 3.8) is 0 Å². The molecule has 5 nitrogen and oxygen atoms in total. The molecule has 8 heteroatoms. The Morgan fingerprint density at radius 1 is 1.10 bits per heavy atom. The third-order valence-corrected chi connectivity index (χ3v) is 4.07. The van der Waals surface area contributed by atoms with E-state index in [1.807, 2.05) is 0 Å². The van der Waals surface area contributed by atoms with Crippen LogP contribution in [-0.2, 0) is 12.7 Å². The molecule has 2 heterocycles. The summed E-state index contributed by atoms with van der Waals surface area (Å²) in [7, 11) is 0. The molecule has 1 saturated carbocycles. The molecular weight excluding hydrogens is 273 g/mol. The van der Waals surface area contributed by atoms with Crippen molar-refractivity contribution in [1.29, 1.82) is 0 Å². The van der Waals surface area contributed by atoms with Crippen molar-refractivity contribution < 1.29 is 17.6 Å². The minimum Gasteiger partial charge on any atom is -0.416 e. The van der Waals surface area contributed by atoms with Gasteiger partial charge in [-0.3, -0.25) is 9.80 Å². The summed E-state index contributed by atoms with van der Waals surface area (Å²) in [6, 6.07) is 0.720. The van der Waals surface area contributed by atoms with E-state index in [0.717, 1.165) is 32.2 Å². The summed E-state index contributed by atoms with van der Waals surface area (Å²) in [5.41, 5.74) is 0. The smallest absolute Gasteiger partial charge is 0.416 e. The first-order valence-electron chi connectivity index (χ1n) is 6.88. The van der Waals surface area contributed by atoms with Gasteiger partial charge in [-0.1, -0.05) is 6.42 Å². The third-order valence-electron chi connectivity index (χ3n) is 4.07. The largest absolute Gasteiger partial charge is 0.470 e. The standard InChI is InChI=1S/C12H17F3N4O/c13-12(14,15)11-17-16-10(20-11)8-18-4-6-19(7-5-18)9-2-1-3-9/h9H,1-8H2. The molecule has 0 aromatic carbocycles. The summed E-state index contributed by atoms with van der Waals surface area (Å²) in [5.74, 6) is -1.23. The van der Waals surface area contributed by atoms with Crippen LogP contribution >= 0.6 is 0 Å². The predicted molar refractivity (Wildman–Crippen MR) is 63.8 cm³/mol. The number of rotatable bonds is 3. The van der Waals surface area contributed by atoms with E-state index in [1.165, 1.54) is 19.3 Å². The maximum absolute atomic E-state index is 12.3. The van der Waals surface area contributed by atoms with E-state index in [2.05, 4.69) is 24.4 Å². The van der Waals surface area contributed by atoms with Crippen molar-refractivity contribution in [2.45, 2.75) is 38.0 Å². The number of alkyl halides is 3. The average molecular weight is 290 g/mol. The van der Waals surface area contributed by atoms with Gasteiger partial charge in [-0.2, -0.15) is 13.2 Å². The molecule has 1 aromatic heterocycles. The van der Waals surface area contributed by atoms with Gasteiger partial charge in [-0.05, 0) is 12.8 Å². The molecule has 1 aliphatic heterocycles. The third kappa shape index (κ3) is 2.95. The molecule has 2 fully saturated rings. The van der Waals surface area contributed by atoms with Crippen LogP contribution in [0.1, 0.15) is 31.0 Å². The Morgan fingerprint density at radius 2 is 1.80 bits per heavy atom. The fraction of sp³-hybridized carbons (Fsp3) is 0.833. The molecule has 0 spiro atoms. The van der Waals surface area contributed by atoms with Crippen molar-refractivity contribution in [3.05, 3.63) is 11.8 Å². The van der Waals surface area contributed by atoms with Crippen LogP contribution in [0.2, 0.25) is 0 Å². The SMILES string of the molecule is FC(F)(F)c1nnc(CN2CCN(C3CCC3)CC2)o1. The van der Waals surface area contributed by atoms with Gasteiger partial charge in [0.25, 0.3) is 0 Å². The second kappa shape index (κ2) is 5.33. The summed E-state index contributed by atoms with van der Waals surface area (Å²) in [4.78, 5) is 4.53.